The zero-order valence-electron chi connectivity index (χ0n) is 10.7. The van der Waals surface area contributed by atoms with Crippen molar-refractivity contribution in [2.75, 3.05) is 26.7 Å². The summed E-state index contributed by atoms with van der Waals surface area (Å²) in [5, 5.41) is 15.3. The van der Waals surface area contributed by atoms with Crippen molar-refractivity contribution in [3.8, 4) is 0 Å². The van der Waals surface area contributed by atoms with E-state index in [1.807, 2.05) is 0 Å². The summed E-state index contributed by atoms with van der Waals surface area (Å²) in [4.78, 5) is 2.38. The van der Waals surface area contributed by atoms with Crippen molar-refractivity contribution in [3.63, 3.8) is 0 Å². The van der Waals surface area contributed by atoms with Crippen molar-refractivity contribution in [1.29, 1.82) is 0 Å². The second kappa shape index (κ2) is 5.23. The van der Waals surface area contributed by atoms with Gasteiger partial charge in [0, 0.05) is 19.0 Å². The second-order valence-electron chi connectivity index (χ2n) is 5.73. The van der Waals surface area contributed by atoms with Gasteiger partial charge in [-0.2, -0.15) is 0 Å². The molecule has 1 saturated carbocycles. The van der Waals surface area contributed by atoms with E-state index in [1.165, 1.54) is 38.8 Å². The van der Waals surface area contributed by atoms with E-state index in [9.17, 15) is 0 Å². The van der Waals surface area contributed by atoms with E-state index < -0.39 is 0 Å². The first-order chi connectivity index (χ1) is 8.13. The van der Waals surface area contributed by atoms with Gasteiger partial charge in [0.25, 0.3) is 0 Å². The molecule has 1 saturated heterocycles. The van der Waals surface area contributed by atoms with Crippen LogP contribution in [0.25, 0.3) is 0 Å². The monoisotopic (exact) mass is 240 g/mol. The van der Waals surface area contributed by atoms with Crippen LogP contribution in [0.2, 0.25) is 0 Å². The topological polar surface area (TPSA) is 73.9 Å². The van der Waals surface area contributed by atoms with Crippen LogP contribution in [0.1, 0.15) is 32.1 Å². The standard InChI is InChI=1S/C12H24N4O/c1-16-6-2-10(3-7-16)14-9-12(4-5-12)8-11(13)15-17/h10,14,17H,2-9H2,1H3,(H2,13,15). The molecule has 1 aliphatic carbocycles. The summed E-state index contributed by atoms with van der Waals surface area (Å²) in [6.45, 7) is 3.38. The Morgan fingerprint density at radius 3 is 2.65 bits per heavy atom. The van der Waals surface area contributed by atoms with Crippen LogP contribution < -0.4 is 11.1 Å². The first-order valence-corrected chi connectivity index (χ1v) is 6.52. The van der Waals surface area contributed by atoms with Crippen molar-refractivity contribution in [1.82, 2.24) is 10.2 Å². The minimum atomic E-state index is 0.277. The molecule has 2 aliphatic rings. The average Bonchev–Trinajstić information content (AvgIpc) is 3.09. The molecule has 5 nitrogen and oxygen atoms in total. The SMILES string of the molecule is CN1CCC(NCC2(CC(N)=NO)CC2)CC1. The van der Waals surface area contributed by atoms with Gasteiger partial charge in [-0.25, -0.2) is 0 Å². The average molecular weight is 240 g/mol. The molecule has 0 atom stereocenters. The van der Waals surface area contributed by atoms with Crippen molar-refractivity contribution < 1.29 is 5.21 Å². The summed E-state index contributed by atoms with van der Waals surface area (Å²) in [6.07, 6.45) is 5.58. The van der Waals surface area contributed by atoms with Crippen LogP contribution in [0, 0.1) is 5.41 Å². The molecule has 0 spiro atoms. The highest BCUT2D eigenvalue weighted by molar-refractivity contribution is 5.80. The van der Waals surface area contributed by atoms with Crippen LogP contribution in [0.15, 0.2) is 5.16 Å². The van der Waals surface area contributed by atoms with Crippen molar-refractivity contribution >= 4 is 5.84 Å². The van der Waals surface area contributed by atoms with E-state index in [1.54, 1.807) is 0 Å². The van der Waals surface area contributed by atoms with Gasteiger partial charge in [-0.1, -0.05) is 5.16 Å². The summed E-state index contributed by atoms with van der Waals surface area (Å²) >= 11 is 0. The molecule has 2 rings (SSSR count). The number of hydrogen-bond acceptors (Lipinski definition) is 4. The molecule has 2 fully saturated rings. The van der Waals surface area contributed by atoms with Crippen LogP contribution in [0.4, 0.5) is 0 Å². The first-order valence-electron chi connectivity index (χ1n) is 6.52. The largest absolute Gasteiger partial charge is 0.409 e. The molecule has 0 aromatic rings. The molecular weight excluding hydrogens is 216 g/mol. The molecule has 0 aromatic carbocycles. The molecule has 0 bridgehead atoms. The number of nitrogens with two attached hydrogens (primary N) is 1. The van der Waals surface area contributed by atoms with Gasteiger partial charge in [-0.3, -0.25) is 0 Å². The number of hydrogen-bond donors (Lipinski definition) is 3. The lowest BCUT2D eigenvalue weighted by molar-refractivity contribution is 0.228. The van der Waals surface area contributed by atoms with Gasteiger partial charge in [-0.05, 0) is 51.2 Å². The van der Waals surface area contributed by atoms with Crippen molar-refractivity contribution in [2.45, 2.75) is 38.1 Å². The van der Waals surface area contributed by atoms with Crippen LogP contribution in [-0.4, -0.2) is 48.7 Å². The van der Waals surface area contributed by atoms with E-state index in [-0.39, 0.29) is 5.41 Å². The summed E-state index contributed by atoms with van der Waals surface area (Å²) in [5.41, 5.74) is 5.87. The molecule has 98 valence electrons. The van der Waals surface area contributed by atoms with Crippen molar-refractivity contribution in [3.05, 3.63) is 0 Å². The third kappa shape index (κ3) is 3.57. The number of piperidine rings is 1. The second-order valence-corrected chi connectivity index (χ2v) is 5.73. The molecule has 0 amide bonds. The fourth-order valence-corrected chi connectivity index (χ4v) is 2.59. The van der Waals surface area contributed by atoms with Gasteiger partial charge in [0.15, 0.2) is 0 Å². The maximum Gasteiger partial charge on any atom is 0.139 e. The highest BCUT2D eigenvalue weighted by atomic mass is 16.4. The number of oxime groups is 1. The Kier molecular flexibility index (Phi) is 3.89. The third-order valence-corrected chi connectivity index (χ3v) is 4.13. The lowest BCUT2D eigenvalue weighted by atomic mass is 9.99. The Bertz CT molecular complexity index is 280. The van der Waals surface area contributed by atoms with Gasteiger partial charge < -0.3 is 21.2 Å². The fourth-order valence-electron chi connectivity index (χ4n) is 2.59. The lowest BCUT2D eigenvalue weighted by Crippen LogP contribution is -2.43. The minimum Gasteiger partial charge on any atom is -0.409 e. The van der Waals surface area contributed by atoms with Crippen LogP contribution in [0.3, 0.4) is 0 Å². The Hall–Kier alpha value is -0.810. The molecule has 4 N–H and O–H groups in total. The van der Waals surface area contributed by atoms with Gasteiger partial charge in [-0.15, -0.1) is 0 Å². The molecule has 1 aliphatic heterocycles. The van der Waals surface area contributed by atoms with E-state index in [2.05, 4.69) is 22.4 Å². The Balaban J connectivity index is 1.71. The van der Waals surface area contributed by atoms with Gasteiger partial charge in [0.05, 0.1) is 0 Å². The van der Waals surface area contributed by atoms with E-state index in [0.29, 0.717) is 11.9 Å². The van der Waals surface area contributed by atoms with E-state index >= 15 is 0 Å². The van der Waals surface area contributed by atoms with Gasteiger partial charge in [0.2, 0.25) is 0 Å². The molecule has 0 unspecified atom stereocenters. The quantitative estimate of drug-likeness (QED) is 0.284. The van der Waals surface area contributed by atoms with Crippen LogP contribution in [0.5, 0.6) is 0 Å². The normalized spacial score (nSPS) is 26.1. The molecule has 1 heterocycles. The van der Waals surface area contributed by atoms with Crippen molar-refractivity contribution in [2.24, 2.45) is 16.3 Å². The number of rotatable bonds is 5. The predicted octanol–water partition coefficient (Wildman–Crippen LogP) is 0.587. The predicted molar refractivity (Wildman–Crippen MR) is 68.2 cm³/mol. The Morgan fingerprint density at radius 1 is 1.47 bits per heavy atom. The lowest BCUT2D eigenvalue weighted by Gasteiger charge is -2.30. The molecule has 0 aromatic heterocycles. The molecule has 5 heteroatoms. The summed E-state index contributed by atoms with van der Waals surface area (Å²) in [6, 6.07) is 0.649. The molecule has 0 radical (unpaired) electrons. The highest BCUT2D eigenvalue weighted by Crippen LogP contribution is 2.48. The highest BCUT2D eigenvalue weighted by Gasteiger charge is 2.43. The number of nitrogens with one attached hydrogen (secondary N) is 1. The van der Waals surface area contributed by atoms with Gasteiger partial charge >= 0.3 is 0 Å². The molecular formula is C12H24N4O. The summed E-state index contributed by atoms with van der Waals surface area (Å²) in [5.74, 6) is 0.368. The molecule has 17 heavy (non-hydrogen) atoms. The summed E-state index contributed by atoms with van der Waals surface area (Å²) in [7, 11) is 2.18. The maximum atomic E-state index is 8.61. The summed E-state index contributed by atoms with van der Waals surface area (Å²) < 4.78 is 0. The zero-order valence-corrected chi connectivity index (χ0v) is 10.7. The number of likely N-dealkylation sites (tertiary alicyclic amines) is 1. The zero-order chi connectivity index (χ0) is 12.3. The number of amidine groups is 1. The maximum absolute atomic E-state index is 8.61. The Morgan fingerprint density at radius 2 is 2.12 bits per heavy atom. The number of nitrogens with zero attached hydrogens (tertiary/aromatic N) is 2. The van der Waals surface area contributed by atoms with Gasteiger partial charge in [0.1, 0.15) is 5.84 Å². The van der Waals surface area contributed by atoms with E-state index in [0.717, 1.165) is 13.0 Å². The first kappa shape index (κ1) is 12.6. The third-order valence-electron chi connectivity index (χ3n) is 4.13. The van der Waals surface area contributed by atoms with Crippen LogP contribution >= 0.6 is 0 Å². The fraction of sp³-hybridized carbons (Fsp3) is 0.917. The van der Waals surface area contributed by atoms with Crippen LogP contribution in [-0.2, 0) is 0 Å². The smallest absolute Gasteiger partial charge is 0.139 e. The Labute approximate surface area is 103 Å². The van der Waals surface area contributed by atoms with E-state index in [4.69, 9.17) is 10.9 Å². The minimum absolute atomic E-state index is 0.277.